The molecule has 2 saturated carbocycles. The maximum Gasteiger partial charge on any atom is 0.293 e. The molecule has 2 aromatic carbocycles. The lowest BCUT2D eigenvalue weighted by atomic mass is 9.89. The fourth-order valence-corrected chi connectivity index (χ4v) is 6.06. The van der Waals surface area contributed by atoms with Gasteiger partial charge in [0.05, 0.1) is 34.8 Å². The van der Waals surface area contributed by atoms with Crippen LogP contribution in [0.3, 0.4) is 0 Å². The molecule has 11 nitrogen and oxygen atoms in total. The SMILES string of the molecule is O=C(N[C@H]1CCCC[C@H]1Nc1c(C(=O)N2CCOCC2)cc(C2CC2)cc1[N+](=O)[O-])c1cc(=O)[nH]c2cccc(F)c12. The Bertz CT molecular complexity index is 1610. The number of nitro groups is 1. The highest BCUT2D eigenvalue weighted by Gasteiger charge is 2.35. The smallest absolute Gasteiger partial charge is 0.293 e. The Labute approximate surface area is 240 Å². The molecular formula is C30H32FN5O6. The molecular weight excluding hydrogens is 545 g/mol. The standard InChI is InChI=1S/C30H32FN5O6/c31-21-4-3-7-24-27(21)19(16-26(37)32-24)29(38)34-23-6-2-1-5-22(23)33-28-20(30(39)35-10-12-42-13-11-35)14-18(17-8-9-17)15-25(28)36(40)41/h3-4,7,14-17,22-23,33H,1-2,5-6,8-13H2,(H,32,37)(H,34,38)/t22-,23+/m1/s1. The number of benzene rings is 2. The molecule has 0 bridgehead atoms. The van der Waals surface area contributed by atoms with E-state index < -0.39 is 34.3 Å². The molecule has 3 fully saturated rings. The number of pyridine rings is 1. The van der Waals surface area contributed by atoms with Crippen molar-refractivity contribution in [3.8, 4) is 0 Å². The van der Waals surface area contributed by atoms with Crippen LogP contribution in [-0.2, 0) is 4.74 Å². The van der Waals surface area contributed by atoms with Crippen molar-refractivity contribution in [2.24, 2.45) is 0 Å². The molecule has 3 aliphatic rings. The van der Waals surface area contributed by atoms with Gasteiger partial charge in [0, 0.05) is 42.7 Å². The fraction of sp³-hybridized carbons (Fsp3) is 0.433. The molecule has 1 aromatic heterocycles. The topological polar surface area (TPSA) is 147 Å². The van der Waals surface area contributed by atoms with E-state index in [2.05, 4.69) is 15.6 Å². The first-order valence-electron chi connectivity index (χ1n) is 14.4. The van der Waals surface area contributed by atoms with E-state index in [0.717, 1.165) is 37.3 Å². The Balaban J connectivity index is 1.33. The number of halogens is 1. The maximum atomic E-state index is 14.7. The fourth-order valence-electron chi connectivity index (χ4n) is 6.06. The van der Waals surface area contributed by atoms with Crippen molar-refractivity contribution in [2.45, 2.75) is 56.5 Å². The summed E-state index contributed by atoms with van der Waals surface area (Å²) in [4.78, 5) is 55.5. The van der Waals surface area contributed by atoms with Crippen LogP contribution in [0.2, 0.25) is 0 Å². The van der Waals surface area contributed by atoms with Crippen LogP contribution in [0.1, 0.15) is 70.7 Å². The molecule has 6 rings (SSSR count). The second-order valence-corrected chi connectivity index (χ2v) is 11.2. The van der Waals surface area contributed by atoms with E-state index in [0.29, 0.717) is 39.1 Å². The first kappa shape index (κ1) is 27.8. The summed E-state index contributed by atoms with van der Waals surface area (Å²) in [7, 11) is 0. The summed E-state index contributed by atoms with van der Waals surface area (Å²) in [5, 5.41) is 18.6. The van der Waals surface area contributed by atoms with Crippen LogP contribution in [0.5, 0.6) is 0 Å². The molecule has 12 heteroatoms. The van der Waals surface area contributed by atoms with Crippen LogP contribution in [0, 0.1) is 15.9 Å². The number of aromatic amines is 1. The zero-order valence-electron chi connectivity index (χ0n) is 23.0. The number of rotatable bonds is 7. The van der Waals surface area contributed by atoms with Gasteiger partial charge in [-0.25, -0.2) is 4.39 Å². The summed E-state index contributed by atoms with van der Waals surface area (Å²) in [6.45, 7) is 1.57. The Kier molecular flexibility index (Phi) is 7.63. The van der Waals surface area contributed by atoms with Gasteiger partial charge in [-0.2, -0.15) is 0 Å². The van der Waals surface area contributed by atoms with E-state index in [1.807, 2.05) is 0 Å². The summed E-state index contributed by atoms with van der Waals surface area (Å²) in [5.74, 6) is -1.35. The molecule has 2 amide bonds. The largest absolute Gasteiger partial charge is 0.378 e. The predicted octanol–water partition coefficient (Wildman–Crippen LogP) is 4.08. The van der Waals surface area contributed by atoms with Gasteiger partial charge in [0.2, 0.25) is 5.56 Å². The number of hydrogen-bond acceptors (Lipinski definition) is 7. The molecule has 0 spiro atoms. The average molecular weight is 578 g/mol. The van der Waals surface area contributed by atoms with Gasteiger partial charge in [0.15, 0.2) is 0 Å². The minimum absolute atomic E-state index is 0.0135. The molecule has 3 aromatic rings. The van der Waals surface area contributed by atoms with E-state index >= 15 is 0 Å². The van der Waals surface area contributed by atoms with Crippen LogP contribution in [0.15, 0.2) is 41.2 Å². The third-order valence-electron chi connectivity index (χ3n) is 8.39. The molecule has 2 atom stereocenters. The molecule has 2 aliphatic carbocycles. The third kappa shape index (κ3) is 5.58. The van der Waals surface area contributed by atoms with E-state index in [4.69, 9.17) is 4.74 Å². The van der Waals surface area contributed by atoms with Gasteiger partial charge >= 0.3 is 0 Å². The number of hydrogen-bond donors (Lipinski definition) is 3. The summed E-state index contributed by atoms with van der Waals surface area (Å²) in [5.41, 5.74) is 0.581. The van der Waals surface area contributed by atoms with Gasteiger partial charge < -0.3 is 25.3 Å². The van der Waals surface area contributed by atoms with Crippen molar-refractivity contribution in [2.75, 3.05) is 31.6 Å². The van der Waals surface area contributed by atoms with Crippen LogP contribution >= 0.6 is 0 Å². The van der Waals surface area contributed by atoms with Gasteiger partial charge in [0.1, 0.15) is 11.5 Å². The summed E-state index contributed by atoms with van der Waals surface area (Å²) in [6, 6.07) is 7.67. The number of ether oxygens (including phenoxy) is 1. The second-order valence-electron chi connectivity index (χ2n) is 11.2. The normalized spacial score (nSPS) is 20.7. The number of nitrogens with zero attached hydrogens (tertiary/aromatic N) is 2. The minimum atomic E-state index is -0.634. The number of nitro benzene ring substituents is 1. The van der Waals surface area contributed by atoms with Crippen molar-refractivity contribution in [3.05, 3.63) is 79.4 Å². The number of amides is 2. The lowest BCUT2D eigenvalue weighted by molar-refractivity contribution is -0.384. The first-order chi connectivity index (χ1) is 20.3. The second kappa shape index (κ2) is 11.5. The van der Waals surface area contributed by atoms with Crippen molar-refractivity contribution in [1.82, 2.24) is 15.2 Å². The van der Waals surface area contributed by atoms with Gasteiger partial charge in [-0.1, -0.05) is 18.9 Å². The minimum Gasteiger partial charge on any atom is -0.378 e. The number of carbonyl (C=O) groups excluding carboxylic acids is 2. The first-order valence-corrected chi connectivity index (χ1v) is 14.4. The van der Waals surface area contributed by atoms with Crippen molar-refractivity contribution >= 4 is 34.1 Å². The van der Waals surface area contributed by atoms with Crippen LogP contribution in [0.4, 0.5) is 15.8 Å². The van der Waals surface area contributed by atoms with Gasteiger partial charge in [-0.05, 0) is 55.4 Å². The quantitative estimate of drug-likeness (QED) is 0.283. The number of anilines is 1. The molecule has 0 unspecified atom stereocenters. The van der Waals surface area contributed by atoms with E-state index in [-0.39, 0.29) is 45.2 Å². The Morgan fingerprint density at radius 3 is 2.48 bits per heavy atom. The molecule has 220 valence electrons. The van der Waals surface area contributed by atoms with E-state index in [1.165, 1.54) is 18.2 Å². The van der Waals surface area contributed by atoms with Crippen LogP contribution in [0.25, 0.3) is 10.9 Å². The monoisotopic (exact) mass is 577 g/mol. The highest BCUT2D eigenvalue weighted by molar-refractivity contribution is 6.06. The Morgan fingerprint density at radius 2 is 1.76 bits per heavy atom. The Morgan fingerprint density at radius 1 is 1.02 bits per heavy atom. The molecule has 2 heterocycles. The van der Waals surface area contributed by atoms with Gasteiger partial charge in [-0.3, -0.25) is 24.5 Å². The van der Waals surface area contributed by atoms with E-state index in [1.54, 1.807) is 17.0 Å². The van der Waals surface area contributed by atoms with Gasteiger partial charge in [0.25, 0.3) is 17.5 Å². The Hall–Kier alpha value is -4.32. The number of H-pyrrole nitrogens is 1. The molecule has 42 heavy (non-hydrogen) atoms. The lowest BCUT2D eigenvalue weighted by Crippen LogP contribution is -2.49. The highest BCUT2D eigenvalue weighted by atomic mass is 19.1. The van der Waals surface area contributed by atoms with E-state index in [9.17, 15) is 28.9 Å². The zero-order valence-corrected chi connectivity index (χ0v) is 23.0. The maximum absolute atomic E-state index is 14.7. The third-order valence-corrected chi connectivity index (χ3v) is 8.39. The molecule has 1 aliphatic heterocycles. The summed E-state index contributed by atoms with van der Waals surface area (Å²) in [6.07, 6.45) is 4.60. The average Bonchev–Trinajstić information content (AvgIpc) is 3.83. The lowest BCUT2D eigenvalue weighted by Gasteiger charge is -2.34. The molecule has 0 radical (unpaired) electrons. The van der Waals surface area contributed by atoms with Crippen molar-refractivity contribution in [3.63, 3.8) is 0 Å². The summed E-state index contributed by atoms with van der Waals surface area (Å²) < 4.78 is 20.1. The number of nitrogens with one attached hydrogen (secondary N) is 3. The summed E-state index contributed by atoms with van der Waals surface area (Å²) >= 11 is 0. The number of morpholine rings is 1. The number of carbonyl (C=O) groups is 2. The van der Waals surface area contributed by atoms with Crippen LogP contribution < -0.4 is 16.2 Å². The zero-order chi connectivity index (χ0) is 29.4. The molecule has 1 saturated heterocycles. The predicted molar refractivity (Wildman–Crippen MR) is 153 cm³/mol. The number of aromatic nitrogens is 1. The van der Waals surface area contributed by atoms with Crippen LogP contribution in [-0.4, -0.2) is 65.0 Å². The van der Waals surface area contributed by atoms with Gasteiger partial charge in [-0.15, -0.1) is 0 Å². The van der Waals surface area contributed by atoms with Crippen molar-refractivity contribution in [1.29, 1.82) is 0 Å². The molecule has 3 N–H and O–H groups in total. The highest BCUT2D eigenvalue weighted by Crippen LogP contribution is 2.44. The number of fused-ring (bicyclic) bond motifs is 1. The van der Waals surface area contributed by atoms with Crippen molar-refractivity contribution < 1.29 is 23.6 Å².